The minimum atomic E-state index is -0.869. The fourth-order valence-electron chi connectivity index (χ4n) is 7.86. The van der Waals surface area contributed by atoms with E-state index in [2.05, 4.69) is 13.8 Å². The molecule has 0 saturated heterocycles. The molecular formula is C50H98NO7+. The van der Waals surface area contributed by atoms with Crippen LogP contribution in [0.25, 0.3) is 0 Å². The van der Waals surface area contributed by atoms with E-state index in [1.165, 1.54) is 180 Å². The SMILES string of the molecule is CCCCCCCCCCCCCCCCCCCCCC(=O)OCC(COCCC(C(=O)O)[N+](C)(C)C)OC(=O)CCCCCCCCCCCCCCCCC. The number of quaternary nitrogens is 1. The van der Waals surface area contributed by atoms with E-state index in [0.717, 1.165) is 38.5 Å². The maximum Gasteiger partial charge on any atom is 0.362 e. The number of ether oxygens (including phenoxy) is 3. The third-order valence-electron chi connectivity index (χ3n) is 11.8. The van der Waals surface area contributed by atoms with Crippen molar-refractivity contribution in [2.75, 3.05) is 41.0 Å². The maximum atomic E-state index is 12.8. The summed E-state index contributed by atoms with van der Waals surface area (Å²) in [4.78, 5) is 37.1. The Bertz CT molecular complexity index is 920. The van der Waals surface area contributed by atoms with Gasteiger partial charge in [0, 0.05) is 19.3 Å². The van der Waals surface area contributed by atoms with Gasteiger partial charge in [-0.3, -0.25) is 9.59 Å². The number of nitrogens with zero attached hydrogens (tertiary/aromatic N) is 1. The lowest BCUT2D eigenvalue weighted by atomic mass is 10.0. The number of carboxylic acids is 1. The van der Waals surface area contributed by atoms with Gasteiger partial charge in [0.2, 0.25) is 0 Å². The third-order valence-corrected chi connectivity index (χ3v) is 11.8. The summed E-state index contributed by atoms with van der Waals surface area (Å²) >= 11 is 0. The lowest BCUT2D eigenvalue weighted by Crippen LogP contribution is -2.50. The summed E-state index contributed by atoms with van der Waals surface area (Å²) in [6.07, 6.45) is 44.3. The molecule has 8 heteroatoms. The highest BCUT2D eigenvalue weighted by Crippen LogP contribution is 2.17. The number of esters is 2. The Hall–Kier alpha value is -1.67. The van der Waals surface area contributed by atoms with Crippen LogP contribution in [0.3, 0.4) is 0 Å². The molecule has 0 heterocycles. The van der Waals surface area contributed by atoms with Gasteiger partial charge >= 0.3 is 17.9 Å². The average molecular weight is 825 g/mol. The first kappa shape index (κ1) is 56.3. The molecule has 0 aliphatic rings. The zero-order valence-corrected chi connectivity index (χ0v) is 39.3. The number of carbonyl (C=O) groups is 3. The molecule has 0 aromatic carbocycles. The minimum absolute atomic E-state index is 0.0414. The van der Waals surface area contributed by atoms with Gasteiger partial charge in [0.25, 0.3) is 0 Å². The van der Waals surface area contributed by atoms with E-state index in [0.29, 0.717) is 19.3 Å². The molecule has 0 radical (unpaired) electrons. The summed E-state index contributed by atoms with van der Waals surface area (Å²) in [6.45, 7) is 4.79. The highest BCUT2D eigenvalue weighted by molar-refractivity contribution is 5.72. The van der Waals surface area contributed by atoms with Gasteiger partial charge in [-0.05, 0) is 12.8 Å². The van der Waals surface area contributed by atoms with Crippen LogP contribution in [0.15, 0.2) is 0 Å². The zero-order chi connectivity index (χ0) is 42.8. The monoisotopic (exact) mass is 825 g/mol. The number of aliphatic carboxylic acids is 1. The van der Waals surface area contributed by atoms with Crippen molar-refractivity contribution in [1.29, 1.82) is 0 Å². The van der Waals surface area contributed by atoms with Gasteiger partial charge in [0.1, 0.15) is 6.61 Å². The van der Waals surface area contributed by atoms with Crippen LogP contribution in [0.2, 0.25) is 0 Å². The Morgan fingerprint density at radius 1 is 0.448 bits per heavy atom. The van der Waals surface area contributed by atoms with Crippen molar-refractivity contribution in [3.63, 3.8) is 0 Å². The normalized spacial score (nSPS) is 12.8. The van der Waals surface area contributed by atoms with E-state index < -0.39 is 18.1 Å². The molecule has 2 unspecified atom stereocenters. The molecular weight excluding hydrogens is 727 g/mol. The lowest BCUT2D eigenvalue weighted by Gasteiger charge is -2.31. The van der Waals surface area contributed by atoms with Crippen molar-refractivity contribution in [1.82, 2.24) is 0 Å². The molecule has 8 nitrogen and oxygen atoms in total. The largest absolute Gasteiger partial charge is 0.477 e. The van der Waals surface area contributed by atoms with Crippen molar-refractivity contribution in [3.8, 4) is 0 Å². The standard InChI is InChI=1S/C50H97NO7/c1-6-8-10-12-14-16-18-20-22-23-24-25-27-28-30-32-34-36-38-40-48(52)57-45-46(44-56-43-42-47(50(54)55)51(3,4)5)58-49(53)41-39-37-35-33-31-29-26-21-19-17-15-13-11-9-7-2/h46-47H,6-45H2,1-5H3/p+1. The molecule has 0 amide bonds. The summed E-state index contributed by atoms with van der Waals surface area (Å²) in [5.74, 6) is -1.44. The van der Waals surface area contributed by atoms with Gasteiger partial charge in [-0.2, -0.15) is 0 Å². The highest BCUT2D eigenvalue weighted by atomic mass is 16.6. The number of hydrogen-bond donors (Lipinski definition) is 1. The van der Waals surface area contributed by atoms with E-state index in [1.54, 1.807) is 0 Å². The van der Waals surface area contributed by atoms with Crippen molar-refractivity contribution < 1.29 is 38.2 Å². The topological polar surface area (TPSA) is 99.1 Å². The first-order valence-corrected chi connectivity index (χ1v) is 25.1. The fraction of sp³-hybridized carbons (Fsp3) is 0.940. The molecule has 0 rings (SSSR count). The van der Waals surface area contributed by atoms with E-state index >= 15 is 0 Å². The number of rotatable bonds is 46. The molecule has 0 bridgehead atoms. The molecule has 0 aromatic heterocycles. The quantitative estimate of drug-likeness (QED) is 0.0371. The average Bonchev–Trinajstić information content (AvgIpc) is 3.18. The molecule has 0 spiro atoms. The summed E-state index contributed by atoms with van der Waals surface area (Å²) in [5.41, 5.74) is 0. The van der Waals surface area contributed by atoms with E-state index in [1.807, 2.05) is 21.1 Å². The molecule has 0 aliphatic heterocycles. The van der Waals surface area contributed by atoms with Crippen molar-refractivity contribution in [3.05, 3.63) is 0 Å². The summed E-state index contributed by atoms with van der Waals surface area (Å²) in [7, 11) is 5.55. The van der Waals surface area contributed by atoms with Crippen molar-refractivity contribution in [2.45, 2.75) is 264 Å². The lowest BCUT2D eigenvalue weighted by molar-refractivity contribution is -0.887. The number of carbonyl (C=O) groups excluding carboxylic acids is 2. The Labute approximate surface area is 359 Å². The predicted octanol–water partition coefficient (Wildman–Crippen LogP) is 14.1. The van der Waals surface area contributed by atoms with Gasteiger partial charge in [0.15, 0.2) is 12.1 Å². The molecule has 0 aliphatic carbocycles. The first-order valence-electron chi connectivity index (χ1n) is 25.1. The Morgan fingerprint density at radius 2 is 0.759 bits per heavy atom. The number of unbranched alkanes of at least 4 members (excludes halogenated alkanes) is 32. The van der Waals surface area contributed by atoms with Crippen molar-refractivity contribution in [2.24, 2.45) is 0 Å². The van der Waals surface area contributed by atoms with Crippen LogP contribution in [-0.2, 0) is 28.6 Å². The molecule has 0 aromatic rings. The van der Waals surface area contributed by atoms with Crippen LogP contribution >= 0.6 is 0 Å². The third kappa shape index (κ3) is 39.8. The second-order valence-electron chi connectivity index (χ2n) is 18.4. The summed E-state index contributed by atoms with van der Waals surface area (Å²) < 4.78 is 17.4. The van der Waals surface area contributed by atoms with Crippen LogP contribution < -0.4 is 0 Å². The van der Waals surface area contributed by atoms with E-state index in [9.17, 15) is 19.5 Å². The molecule has 344 valence electrons. The summed E-state index contributed by atoms with van der Waals surface area (Å²) in [5, 5.41) is 9.64. The van der Waals surface area contributed by atoms with E-state index in [4.69, 9.17) is 14.2 Å². The molecule has 58 heavy (non-hydrogen) atoms. The Kier molecular flexibility index (Phi) is 40.8. The maximum absolute atomic E-state index is 12.8. The van der Waals surface area contributed by atoms with Crippen LogP contribution in [-0.4, -0.2) is 80.6 Å². The molecule has 1 N–H and O–H groups in total. The van der Waals surface area contributed by atoms with Gasteiger partial charge in [-0.1, -0.05) is 219 Å². The summed E-state index contributed by atoms with van der Waals surface area (Å²) in [6, 6.07) is -0.608. The zero-order valence-electron chi connectivity index (χ0n) is 39.3. The highest BCUT2D eigenvalue weighted by Gasteiger charge is 2.31. The van der Waals surface area contributed by atoms with E-state index in [-0.39, 0.29) is 36.2 Å². The second kappa shape index (κ2) is 42.0. The van der Waals surface area contributed by atoms with Crippen molar-refractivity contribution >= 4 is 17.9 Å². The first-order chi connectivity index (χ1) is 28.1. The molecule has 2 atom stereocenters. The second-order valence-corrected chi connectivity index (χ2v) is 18.4. The minimum Gasteiger partial charge on any atom is -0.477 e. The fourth-order valence-corrected chi connectivity index (χ4v) is 7.86. The van der Waals surface area contributed by atoms with Crippen LogP contribution in [0.1, 0.15) is 251 Å². The molecule has 0 saturated carbocycles. The predicted molar refractivity (Wildman–Crippen MR) is 243 cm³/mol. The van der Waals surface area contributed by atoms with Gasteiger partial charge in [-0.25, -0.2) is 4.79 Å². The number of carboxylic acid groups (broad SMARTS) is 1. The smallest absolute Gasteiger partial charge is 0.362 e. The van der Waals surface area contributed by atoms with Crippen LogP contribution in [0.4, 0.5) is 0 Å². The number of likely N-dealkylation sites (N-methyl/N-ethyl adjacent to an activating group) is 1. The number of hydrogen-bond acceptors (Lipinski definition) is 6. The van der Waals surface area contributed by atoms with Gasteiger partial charge < -0.3 is 23.8 Å². The molecule has 0 fully saturated rings. The van der Waals surface area contributed by atoms with Gasteiger partial charge in [0.05, 0.1) is 34.4 Å². The Balaban J connectivity index is 4.19. The van der Waals surface area contributed by atoms with Gasteiger partial charge in [-0.15, -0.1) is 0 Å². The Morgan fingerprint density at radius 3 is 1.07 bits per heavy atom. The van der Waals surface area contributed by atoms with Crippen LogP contribution in [0, 0.1) is 0 Å². The van der Waals surface area contributed by atoms with Crippen LogP contribution in [0.5, 0.6) is 0 Å².